The summed E-state index contributed by atoms with van der Waals surface area (Å²) in [6, 6.07) is -0.776. The average Bonchev–Trinajstić information content (AvgIpc) is 2.41. The molecule has 5 heteroatoms. The Hall–Kier alpha value is -0.650. The molecule has 5 nitrogen and oxygen atoms in total. The number of nitrogens with one attached hydrogen (secondary N) is 1. The Morgan fingerprint density at radius 3 is 2.86 bits per heavy atom. The third kappa shape index (κ3) is 3.25. The second-order valence-corrected chi connectivity index (χ2v) is 4.15. The van der Waals surface area contributed by atoms with Gasteiger partial charge in [0.05, 0.1) is 6.10 Å². The summed E-state index contributed by atoms with van der Waals surface area (Å²) in [6.07, 6.45) is 1.22. The molecular weight excluding hydrogens is 184 g/mol. The topological polar surface area (TPSA) is 84.6 Å². The number of nitrogens with two attached hydrogens (primary N) is 1. The average molecular weight is 202 g/mol. The van der Waals surface area contributed by atoms with Crippen molar-refractivity contribution in [2.24, 2.45) is 5.73 Å². The molecule has 2 atom stereocenters. The minimum Gasteiger partial charge on any atom is -0.480 e. The molecule has 1 aliphatic heterocycles. The molecule has 0 spiro atoms. The van der Waals surface area contributed by atoms with Crippen LogP contribution in [0, 0.1) is 0 Å². The first-order valence-electron chi connectivity index (χ1n) is 4.82. The van der Waals surface area contributed by atoms with Crippen LogP contribution in [0.5, 0.6) is 0 Å². The minimum absolute atomic E-state index is 0.0791. The predicted octanol–water partition coefficient (Wildman–Crippen LogP) is -0.0970. The largest absolute Gasteiger partial charge is 0.480 e. The van der Waals surface area contributed by atoms with Crippen molar-refractivity contribution in [2.75, 3.05) is 6.54 Å². The Bertz CT molecular complexity index is 218. The fourth-order valence-corrected chi connectivity index (χ4v) is 1.51. The standard InChI is InChI=1S/C9H18N2O3/c1-9(2)11-5-6(14-9)3-4-7(10)8(12)13/h6-7,11H,3-5,10H2,1-2H3,(H,12,13)/t6-,7+/m1/s1. The zero-order valence-electron chi connectivity index (χ0n) is 8.62. The lowest BCUT2D eigenvalue weighted by atomic mass is 10.1. The minimum atomic E-state index is -0.949. The Morgan fingerprint density at radius 2 is 2.43 bits per heavy atom. The van der Waals surface area contributed by atoms with Gasteiger partial charge in [0.1, 0.15) is 11.8 Å². The maximum atomic E-state index is 10.5. The van der Waals surface area contributed by atoms with Crippen LogP contribution < -0.4 is 11.1 Å². The molecule has 0 amide bonds. The van der Waals surface area contributed by atoms with Crippen LogP contribution in [-0.2, 0) is 9.53 Å². The molecule has 1 fully saturated rings. The molecule has 0 aromatic carbocycles. The summed E-state index contributed by atoms with van der Waals surface area (Å²) < 4.78 is 5.62. The smallest absolute Gasteiger partial charge is 0.320 e. The maximum Gasteiger partial charge on any atom is 0.320 e. The molecule has 0 aliphatic carbocycles. The van der Waals surface area contributed by atoms with Crippen LogP contribution in [0.2, 0.25) is 0 Å². The van der Waals surface area contributed by atoms with Crippen molar-refractivity contribution < 1.29 is 14.6 Å². The summed E-state index contributed by atoms with van der Waals surface area (Å²) >= 11 is 0. The molecule has 0 aromatic rings. The summed E-state index contributed by atoms with van der Waals surface area (Å²) in [4.78, 5) is 10.5. The van der Waals surface area contributed by atoms with Crippen LogP contribution in [0.3, 0.4) is 0 Å². The molecule has 0 radical (unpaired) electrons. The Kier molecular flexibility index (Phi) is 3.47. The van der Waals surface area contributed by atoms with E-state index in [0.717, 1.165) is 6.54 Å². The van der Waals surface area contributed by atoms with Crippen LogP contribution in [0.1, 0.15) is 26.7 Å². The second kappa shape index (κ2) is 4.25. The molecule has 1 heterocycles. The summed E-state index contributed by atoms with van der Waals surface area (Å²) in [5.41, 5.74) is 5.09. The number of aliphatic carboxylic acids is 1. The summed E-state index contributed by atoms with van der Waals surface area (Å²) in [6.45, 7) is 4.66. The van der Waals surface area contributed by atoms with Gasteiger partial charge in [0.25, 0.3) is 0 Å². The van der Waals surface area contributed by atoms with E-state index in [4.69, 9.17) is 15.6 Å². The molecule has 0 saturated carbocycles. The molecule has 82 valence electrons. The summed E-state index contributed by atoms with van der Waals surface area (Å²) in [5, 5.41) is 11.8. The second-order valence-electron chi connectivity index (χ2n) is 4.15. The van der Waals surface area contributed by atoms with Gasteiger partial charge in [0, 0.05) is 6.54 Å². The molecule has 1 rings (SSSR count). The lowest BCUT2D eigenvalue weighted by molar-refractivity contribution is -0.138. The SMILES string of the molecule is CC1(C)NC[C@@H](CC[C@H](N)C(=O)O)O1. The normalized spacial score (nSPS) is 27.5. The van der Waals surface area contributed by atoms with Gasteiger partial charge in [-0.3, -0.25) is 10.1 Å². The van der Waals surface area contributed by atoms with Crippen molar-refractivity contribution in [3.63, 3.8) is 0 Å². The van der Waals surface area contributed by atoms with Crippen molar-refractivity contribution in [1.82, 2.24) is 5.32 Å². The van der Waals surface area contributed by atoms with E-state index < -0.39 is 12.0 Å². The van der Waals surface area contributed by atoms with E-state index in [-0.39, 0.29) is 11.8 Å². The van der Waals surface area contributed by atoms with Crippen LogP contribution in [0.15, 0.2) is 0 Å². The van der Waals surface area contributed by atoms with Crippen molar-refractivity contribution >= 4 is 5.97 Å². The van der Waals surface area contributed by atoms with Gasteiger partial charge in [-0.15, -0.1) is 0 Å². The first-order valence-corrected chi connectivity index (χ1v) is 4.82. The highest BCUT2D eigenvalue weighted by atomic mass is 16.5. The van der Waals surface area contributed by atoms with Gasteiger partial charge in [0.2, 0.25) is 0 Å². The van der Waals surface area contributed by atoms with Gasteiger partial charge in [-0.2, -0.15) is 0 Å². The van der Waals surface area contributed by atoms with E-state index in [1.807, 2.05) is 13.8 Å². The van der Waals surface area contributed by atoms with E-state index in [1.54, 1.807) is 0 Å². The lowest BCUT2D eigenvalue weighted by Crippen LogP contribution is -2.33. The van der Waals surface area contributed by atoms with Crippen molar-refractivity contribution in [1.29, 1.82) is 0 Å². The number of hydrogen-bond donors (Lipinski definition) is 3. The molecular formula is C9H18N2O3. The van der Waals surface area contributed by atoms with E-state index >= 15 is 0 Å². The predicted molar refractivity (Wildman–Crippen MR) is 51.8 cm³/mol. The highest BCUT2D eigenvalue weighted by molar-refractivity contribution is 5.72. The highest BCUT2D eigenvalue weighted by Gasteiger charge is 2.31. The highest BCUT2D eigenvalue weighted by Crippen LogP contribution is 2.19. The molecule has 1 aliphatic rings. The van der Waals surface area contributed by atoms with E-state index in [9.17, 15) is 4.79 Å². The van der Waals surface area contributed by atoms with Gasteiger partial charge in [-0.1, -0.05) is 0 Å². The van der Waals surface area contributed by atoms with Crippen molar-refractivity contribution in [3.8, 4) is 0 Å². The number of ether oxygens (including phenoxy) is 1. The van der Waals surface area contributed by atoms with Gasteiger partial charge in [0.15, 0.2) is 0 Å². The molecule has 0 aromatic heterocycles. The van der Waals surface area contributed by atoms with Crippen LogP contribution in [-0.4, -0.2) is 35.5 Å². The molecule has 0 bridgehead atoms. The lowest BCUT2D eigenvalue weighted by Gasteiger charge is -2.18. The van der Waals surface area contributed by atoms with Crippen LogP contribution in [0.4, 0.5) is 0 Å². The maximum absolute atomic E-state index is 10.5. The van der Waals surface area contributed by atoms with Crippen LogP contribution in [0.25, 0.3) is 0 Å². The third-order valence-electron chi connectivity index (χ3n) is 2.33. The Morgan fingerprint density at radius 1 is 1.79 bits per heavy atom. The van der Waals surface area contributed by atoms with Crippen molar-refractivity contribution in [2.45, 2.75) is 44.6 Å². The van der Waals surface area contributed by atoms with Crippen LogP contribution >= 0.6 is 0 Å². The Labute approximate surface area is 83.6 Å². The number of carboxylic acid groups (broad SMARTS) is 1. The van der Waals surface area contributed by atoms with Gasteiger partial charge in [-0.05, 0) is 26.7 Å². The van der Waals surface area contributed by atoms with Gasteiger partial charge >= 0.3 is 5.97 Å². The summed E-state index contributed by atoms with van der Waals surface area (Å²) in [7, 11) is 0. The zero-order valence-corrected chi connectivity index (χ0v) is 8.62. The quantitative estimate of drug-likeness (QED) is 0.593. The number of hydrogen-bond acceptors (Lipinski definition) is 4. The number of rotatable bonds is 4. The Balaban J connectivity index is 2.24. The first-order chi connectivity index (χ1) is 6.41. The molecule has 4 N–H and O–H groups in total. The molecule has 1 saturated heterocycles. The third-order valence-corrected chi connectivity index (χ3v) is 2.33. The number of carbonyl (C=O) groups is 1. The number of carboxylic acids is 1. The fraction of sp³-hybridized carbons (Fsp3) is 0.889. The zero-order chi connectivity index (χ0) is 10.8. The first kappa shape index (κ1) is 11.4. The van der Waals surface area contributed by atoms with Crippen molar-refractivity contribution in [3.05, 3.63) is 0 Å². The fourth-order valence-electron chi connectivity index (χ4n) is 1.51. The monoisotopic (exact) mass is 202 g/mol. The van der Waals surface area contributed by atoms with Gasteiger partial charge in [-0.25, -0.2) is 0 Å². The van der Waals surface area contributed by atoms with E-state index in [0.29, 0.717) is 12.8 Å². The van der Waals surface area contributed by atoms with E-state index in [2.05, 4.69) is 5.32 Å². The molecule has 14 heavy (non-hydrogen) atoms. The van der Waals surface area contributed by atoms with Gasteiger partial charge < -0.3 is 15.6 Å². The molecule has 0 unspecified atom stereocenters. The summed E-state index contributed by atoms with van der Waals surface area (Å²) in [5.74, 6) is -0.949. The van der Waals surface area contributed by atoms with E-state index in [1.165, 1.54) is 0 Å².